The molecule has 0 atom stereocenters. The van der Waals surface area contributed by atoms with Gasteiger partial charge in [-0.05, 0) is 0 Å². The molecule has 0 unspecified atom stereocenters. The fourth-order valence-electron chi connectivity index (χ4n) is 0.671. The number of rotatable bonds is 9. The van der Waals surface area contributed by atoms with E-state index in [1.165, 1.54) is 0 Å². The first-order chi connectivity index (χ1) is 11.0. The van der Waals surface area contributed by atoms with Gasteiger partial charge in [-0.25, -0.2) is 0 Å². The molecule has 0 aromatic heterocycles. The van der Waals surface area contributed by atoms with Gasteiger partial charge in [0, 0.05) is 64.0 Å². The van der Waals surface area contributed by atoms with Gasteiger partial charge in [0.15, 0.2) is 0 Å². The molecule has 0 aliphatic rings. The third-order valence-corrected chi connectivity index (χ3v) is 4.02. The van der Waals surface area contributed by atoms with Gasteiger partial charge in [-0.1, -0.05) is 0 Å². The van der Waals surface area contributed by atoms with Crippen LogP contribution >= 0.6 is 35.5 Å². The molecule has 147 valence electrons. The summed E-state index contributed by atoms with van der Waals surface area (Å²) in [5.74, 6) is 0. The number of hydrogen-bond donors (Lipinski definition) is 0. The van der Waals surface area contributed by atoms with Crippen molar-refractivity contribution in [3.05, 3.63) is 0 Å². The molecule has 0 aliphatic carbocycles. The Morgan fingerprint density at radius 3 is 0.478 bits per heavy atom. The van der Waals surface area contributed by atoms with Crippen LogP contribution in [0.1, 0.15) is 0 Å². The summed E-state index contributed by atoms with van der Waals surface area (Å²) in [5.41, 5.74) is 0. The summed E-state index contributed by atoms with van der Waals surface area (Å²) in [4.78, 5) is 0. The van der Waals surface area contributed by atoms with Crippen molar-refractivity contribution in [1.29, 1.82) is 0 Å². The Hall–Kier alpha value is 1.84. The normalized spacial score (nSPS) is 9.65. The Kier molecular flexibility index (Phi) is 44.7. The predicted molar refractivity (Wildman–Crippen MR) is 89.7 cm³/mol. The average Bonchev–Trinajstić information content (AvgIpc) is 2.62. The monoisotopic (exact) mass is 509 g/mol. The Morgan fingerprint density at radius 2 is 0.478 bits per heavy atom. The molecule has 0 fully saturated rings. The van der Waals surface area contributed by atoms with Crippen LogP contribution in [-0.2, 0) is 58.0 Å². The summed E-state index contributed by atoms with van der Waals surface area (Å²) >= 11 is 1.82. The van der Waals surface area contributed by atoms with E-state index in [4.69, 9.17) is 0 Å². The summed E-state index contributed by atoms with van der Waals surface area (Å²) in [5, 5.41) is 0. The van der Waals surface area contributed by atoms with Crippen LogP contribution in [0.3, 0.4) is 0 Å². The van der Waals surface area contributed by atoms with Crippen LogP contribution in [0.4, 0.5) is 0 Å². The van der Waals surface area contributed by atoms with Gasteiger partial charge in [0.1, 0.15) is 0 Å². The van der Waals surface area contributed by atoms with Gasteiger partial charge in [0.25, 0.3) is 0 Å². The van der Waals surface area contributed by atoms with Gasteiger partial charge < -0.3 is 40.7 Å². The SMILES string of the molecule is COP(OC)OC.COP(OC)OC.COP(OC)OC.[Cl][Ru]. The van der Waals surface area contributed by atoms with E-state index < -0.39 is 25.8 Å². The van der Waals surface area contributed by atoms with Crippen LogP contribution < -0.4 is 0 Å². The first kappa shape index (κ1) is 32.5. The second-order valence-electron chi connectivity index (χ2n) is 2.31. The zero-order valence-corrected chi connectivity index (χ0v) is 19.9. The molecule has 0 rings (SSSR count). The molecule has 0 bridgehead atoms. The fraction of sp³-hybridized carbons (Fsp3) is 1.00. The Balaban J connectivity index is -0.000000111. The zero-order chi connectivity index (χ0) is 19.1. The summed E-state index contributed by atoms with van der Waals surface area (Å²) in [7, 11) is 15.3. The van der Waals surface area contributed by atoms with Crippen molar-refractivity contribution >= 4 is 35.5 Å². The van der Waals surface area contributed by atoms with E-state index in [9.17, 15) is 0 Å². The molecular weight excluding hydrogens is 482 g/mol. The van der Waals surface area contributed by atoms with Crippen molar-refractivity contribution in [1.82, 2.24) is 0 Å². The van der Waals surface area contributed by atoms with Gasteiger partial charge in [0.05, 0.1) is 0 Å². The molecule has 0 amide bonds. The molecule has 0 heterocycles. The molecule has 0 N–H and O–H groups in total. The molecule has 0 saturated heterocycles. The van der Waals surface area contributed by atoms with Crippen molar-refractivity contribution in [3.63, 3.8) is 0 Å². The van der Waals surface area contributed by atoms with E-state index in [1.54, 1.807) is 64.0 Å². The van der Waals surface area contributed by atoms with Gasteiger partial charge in [-0.2, -0.15) is 0 Å². The van der Waals surface area contributed by atoms with E-state index in [2.05, 4.69) is 50.4 Å². The van der Waals surface area contributed by atoms with Gasteiger partial charge in [-0.15, -0.1) is 0 Å². The van der Waals surface area contributed by atoms with Crippen molar-refractivity contribution < 1.29 is 58.0 Å². The zero-order valence-electron chi connectivity index (χ0n) is 14.7. The minimum atomic E-state index is -1.05. The molecule has 0 spiro atoms. The Morgan fingerprint density at radius 1 is 0.391 bits per heavy atom. The molecule has 23 heavy (non-hydrogen) atoms. The number of hydrogen-bond acceptors (Lipinski definition) is 9. The summed E-state index contributed by atoms with van der Waals surface area (Å²) in [6, 6.07) is 0. The van der Waals surface area contributed by atoms with E-state index in [1.807, 2.05) is 17.3 Å². The molecular formula is C9H27ClO9P3Ru. The van der Waals surface area contributed by atoms with E-state index in [0.29, 0.717) is 0 Å². The quantitative estimate of drug-likeness (QED) is 0.337. The molecule has 9 nitrogen and oxygen atoms in total. The van der Waals surface area contributed by atoms with Crippen molar-refractivity contribution in [2.75, 3.05) is 64.0 Å². The van der Waals surface area contributed by atoms with Crippen LogP contribution in [-0.4, -0.2) is 64.0 Å². The molecule has 0 aliphatic heterocycles. The van der Waals surface area contributed by atoms with Crippen molar-refractivity contribution in [3.8, 4) is 0 Å². The molecule has 0 aromatic rings. The first-order valence-electron chi connectivity index (χ1n) is 5.45. The predicted octanol–water partition coefficient (Wildman–Crippen LogP) is 4.14. The minimum absolute atomic E-state index is 1.05. The van der Waals surface area contributed by atoms with Crippen LogP contribution in [0.5, 0.6) is 0 Å². The summed E-state index contributed by atoms with van der Waals surface area (Å²) < 4.78 is 42.0. The second kappa shape index (κ2) is 31.6. The first-order valence-corrected chi connectivity index (χ1v) is 11.0. The Labute approximate surface area is 157 Å². The van der Waals surface area contributed by atoms with Crippen molar-refractivity contribution in [2.24, 2.45) is 0 Å². The molecule has 0 aromatic carbocycles. The van der Waals surface area contributed by atoms with Crippen molar-refractivity contribution in [2.45, 2.75) is 0 Å². The van der Waals surface area contributed by atoms with Crippen LogP contribution in [0.15, 0.2) is 0 Å². The number of halogens is 1. The fourth-order valence-corrected chi connectivity index (χ4v) is 2.01. The third-order valence-electron chi connectivity index (χ3n) is 1.34. The standard InChI is InChI=1S/3C3H9O3P.ClH.Ru/c3*1-4-7(5-2)6-3;;/h3*1-3H3;1H;/q;;;;+1/p-1. The van der Waals surface area contributed by atoms with Crippen LogP contribution in [0.25, 0.3) is 0 Å². The van der Waals surface area contributed by atoms with Gasteiger partial charge in [0.2, 0.25) is 0 Å². The maximum absolute atomic E-state index is 4.67. The van der Waals surface area contributed by atoms with Gasteiger partial charge in [-0.3, -0.25) is 0 Å². The van der Waals surface area contributed by atoms with Gasteiger partial charge >= 0.3 is 52.8 Å². The molecule has 0 saturated carbocycles. The van der Waals surface area contributed by atoms with Crippen LogP contribution in [0, 0.1) is 0 Å². The summed E-state index contributed by atoms with van der Waals surface area (Å²) in [6.07, 6.45) is 0. The topological polar surface area (TPSA) is 83.1 Å². The van der Waals surface area contributed by atoms with E-state index in [-0.39, 0.29) is 0 Å². The molecule has 14 heteroatoms. The average molecular weight is 509 g/mol. The third kappa shape index (κ3) is 28.9. The summed E-state index contributed by atoms with van der Waals surface area (Å²) in [6.45, 7) is 0. The van der Waals surface area contributed by atoms with Crippen LogP contribution in [0.2, 0.25) is 0 Å². The maximum atomic E-state index is 4.67. The molecule has 0 radical (unpaired) electrons. The van der Waals surface area contributed by atoms with E-state index in [0.717, 1.165) is 0 Å². The second-order valence-corrected chi connectivity index (χ2v) is 6.94. The Bertz CT molecular complexity index is 135. The van der Waals surface area contributed by atoms with E-state index >= 15 is 0 Å².